The number of amides is 2. The summed E-state index contributed by atoms with van der Waals surface area (Å²) in [7, 11) is 1.26. The van der Waals surface area contributed by atoms with Gasteiger partial charge in [-0.05, 0) is 12.1 Å². The Bertz CT molecular complexity index is 449. The molecule has 1 N–H and O–H groups in total. The third-order valence-corrected chi connectivity index (χ3v) is 2.21. The highest BCUT2D eigenvalue weighted by atomic mass is 16.6. The van der Waals surface area contributed by atoms with Crippen LogP contribution in [0.2, 0.25) is 0 Å². The number of hydrogen-bond donors (Lipinski definition) is 1. The lowest BCUT2D eigenvalue weighted by molar-refractivity contribution is 0.171. The largest absolute Gasteiger partial charge is 0.486 e. The van der Waals surface area contributed by atoms with E-state index in [-0.39, 0.29) is 0 Å². The Kier molecular flexibility index (Phi) is 3.08. The highest BCUT2D eigenvalue weighted by molar-refractivity contribution is 5.89. The molecule has 2 rings (SSSR count). The van der Waals surface area contributed by atoms with E-state index >= 15 is 0 Å². The van der Waals surface area contributed by atoms with Crippen LogP contribution in [0.5, 0.6) is 11.5 Å². The molecular formula is C10H11N3O4. The van der Waals surface area contributed by atoms with Crippen molar-refractivity contribution in [3.63, 3.8) is 0 Å². The van der Waals surface area contributed by atoms with Gasteiger partial charge < -0.3 is 14.8 Å². The second kappa shape index (κ2) is 4.69. The topological polar surface area (TPSA) is 80.2 Å². The zero-order chi connectivity index (χ0) is 12.3. The molecule has 0 fully saturated rings. The minimum Gasteiger partial charge on any atom is -0.486 e. The van der Waals surface area contributed by atoms with Crippen LogP contribution in [-0.4, -0.2) is 31.3 Å². The van der Waals surface area contributed by atoms with Crippen LogP contribution in [0, 0.1) is 4.91 Å². The SMILES string of the molecule is CN(N=O)C(=O)Nc1ccc2c(c1)OCCO2. The third kappa shape index (κ3) is 2.44. The number of carbonyl (C=O) groups excluding carboxylic acids is 1. The summed E-state index contributed by atoms with van der Waals surface area (Å²) >= 11 is 0. The van der Waals surface area contributed by atoms with E-state index in [4.69, 9.17) is 9.47 Å². The molecule has 17 heavy (non-hydrogen) atoms. The summed E-state index contributed by atoms with van der Waals surface area (Å²) in [6.45, 7) is 0.983. The maximum atomic E-state index is 11.4. The number of anilines is 1. The molecule has 0 aromatic heterocycles. The Morgan fingerprint density at radius 2 is 2.06 bits per heavy atom. The summed E-state index contributed by atoms with van der Waals surface area (Å²) in [6.07, 6.45) is 0. The van der Waals surface area contributed by atoms with Crippen LogP contribution in [0.15, 0.2) is 23.5 Å². The van der Waals surface area contributed by atoms with E-state index in [0.29, 0.717) is 35.4 Å². The predicted octanol–water partition coefficient (Wildman–Crippen LogP) is 1.60. The van der Waals surface area contributed by atoms with Gasteiger partial charge in [0, 0.05) is 18.8 Å². The Hall–Kier alpha value is -2.31. The average molecular weight is 237 g/mol. The predicted molar refractivity (Wildman–Crippen MR) is 60.0 cm³/mol. The molecule has 0 unspecified atom stereocenters. The van der Waals surface area contributed by atoms with E-state index in [0.717, 1.165) is 0 Å². The number of rotatable bonds is 2. The van der Waals surface area contributed by atoms with Crippen LogP contribution in [-0.2, 0) is 0 Å². The molecule has 0 spiro atoms. The molecular weight excluding hydrogens is 226 g/mol. The normalized spacial score (nSPS) is 12.8. The number of hydrogen-bond acceptors (Lipinski definition) is 5. The summed E-state index contributed by atoms with van der Waals surface area (Å²) in [4.78, 5) is 21.5. The minimum absolute atomic E-state index is 0.472. The zero-order valence-corrected chi connectivity index (χ0v) is 9.17. The van der Waals surface area contributed by atoms with Crippen LogP contribution < -0.4 is 14.8 Å². The first-order chi connectivity index (χ1) is 8.20. The standard InChI is InChI=1S/C10H11N3O4/c1-13(12-15)10(14)11-7-2-3-8-9(6-7)17-5-4-16-8/h2-3,6H,4-5H2,1H3,(H,11,14). The number of nitroso groups, excluding NO2 is 1. The van der Waals surface area contributed by atoms with E-state index in [1.807, 2.05) is 0 Å². The summed E-state index contributed by atoms with van der Waals surface area (Å²) in [5, 5.41) is 5.65. The quantitative estimate of drug-likeness (QED) is 0.625. The molecule has 2 amide bonds. The fourth-order valence-corrected chi connectivity index (χ4v) is 1.36. The summed E-state index contributed by atoms with van der Waals surface area (Å²) in [5.41, 5.74) is 0.509. The molecule has 0 atom stereocenters. The van der Waals surface area contributed by atoms with Gasteiger partial charge in [-0.25, -0.2) is 4.79 Å². The Morgan fingerprint density at radius 3 is 2.76 bits per heavy atom. The van der Waals surface area contributed by atoms with E-state index in [2.05, 4.69) is 10.6 Å². The molecule has 1 aliphatic rings. The minimum atomic E-state index is -0.614. The van der Waals surface area contributed by atoms with Gasteiger partial charge in [-0.15, -0.1) is 4.91 Å². The van der Waals surface area contributed by atoms with Gasteiger partial charge in [-0.2, -0.15) is 5.01 Å². The van der Waals surface area contributed by atoms with Crippen molar-refractivity contribution in [1.82, 2.24) is 5.01 Å². The highest BCUT2D eigenvalue weighted by Crippen LogP contribution is 2.32. The molecule has 7 nitrogen and oxygen atoms in total. The lowest BCUT2D eigenvalue weighted by Gasteiger charge is -2.19. The molecule has 7 heteroatoms. The summed E-state index contributed by atoms with van der Waals surface area (Å²) in [6, 6.07) is 4.37. The lowest BCUT2D eigenvalue weighted by Crippen LogP contribution is -2.26. The van der Waals surface area contributed by atoms with Crippen LogP contribution >= 0.6 is 0 Å². The first-order valence-electron chi connectivity index (χ1n) is 4.98. The van der Waals surface area contributed by atoms with Gasteiger partial charge >= 0.3 is 6.03 Å². The molecule has 90 valence electrons. The van der Waals surface area contributed by atoms with E-state index < -0.39 is 6.03 Å². The van der Waals surface area contributed by atoms with Crippen LogP contribution in [0.25, 0.3) is 0 Å². The number of carbonyl (C=O) groups is 1. The van der Waals surface area contributed by atoms with Crippen molar-refractivity contribution in [1.29, 1.82) is 0 Å². The van der Waals surface area contributed by atoms with Crippen molar-refractivity contribution < 1.29 is 14.3 Å². The van der Waals surface area contributed by atoms with Gasteiger partial charge in [0.05, 0.1) is 5.29 Å². The van der Waals surface area contributed by atoms with Gasteiger partial charge in [0.1, 0.15) is 13.2 Å². The number of ether oxygens (including phenoxy) is 2. The van der Waals surface area contributed by atoms with Gasteiger partial charge in [0.15, 0.2) is 11.5 Å². The lowest BCUT2D eigenvalue weighted by atomic mass is 10.2. The first-order valence-corrected chi connectivity index (χ1v) is 4.98. The van der Waals surface area contributed by atoms with E-state index in [1.165, 1.54) is 7.05 Å². The van der Waals surface area contributed by atoms with Crippen molar-refractivity contribution in [2.45, 2.75) is 0 Å². The van der Waals surface area contributed by atoms with Crippen molar-refractivity contribution in [2.24, 2.45) is 5.29 Å². The summed E-state index contributed by atoms with van der Waals surface area (Å²) in [5.74, 6) is 1.20. The fraction of sp³-hybridized carbons (Fsp3) is 0.300. The summed E-state index contributed by atoms with van der Waals surface area (Å²) < 4.78 is 10.7. The van der Waals surface area contributed by atoms with Crippen molar-refractivity contribution >= 4 is 11.7 Å². The van der Waals surface area contributed by atoms with Crippen molar-refractivity contribution in [3.8, 4) is 11.5 Å². The molecule has 1 aromatic carbocycles. The smallest absolute Gasteiger partial charge is 0.344 e. The number of fused-ring (bicyclic) bond motifs is 1. The van der Waals surface area contributed by atoms with Crippen molar-refractivity contribution in [3.05, 3.63) is 23.1 Å². The molecule has 1 aromatic rings. The number of nitrogens with one attached hydrogen (secondary N) is 1. The molecule has 0 bridgehead atoms. The highest BCUT2D eigenvalue weighted by Gasteiger charge is 2.14. The Balaban J connectivity index is 2.12. The molecule has 0 aliphatic carbocycles. The van der Waals surface area contributed by atoms with Gasteiger partial charge in [0.25, 0.3) is 0 Å². The monoisotopic (exact) mass is 237 g/mol. The fourth-order valence-electron chi connectivity index (χ4n) is 1.36. The number of urea groups is 1. The van der Waals surface area contributed by atoms with Gasteiger partial charge in [-0.1, -0.05) is 0 Å². The molecule has 0 saturated carbocycles. The van der Waals surface area contributed by atoms with E-state index in [9.17, 15) is 9.70 Å². The Morgan fingerprint density at radius 1 is 1.35 bits per heavy atom. The molecule has 1 aliphatic heterocycles. The van der Waals surface area contributed by atoms with Crippen LogP contribution in [0.3, 0.4) is 0 Å². The zero-order valence-electron chi connectivity index (χ0n) is 9.17. The van der Waals surface area contributed by atoms with E-state index in [1.54, 1.807) is 18.2 Å². The first kappa shape index (κ1) is 11.2. The maximum absolute atomic E-state index is 11.4. The third-order valence-electron chi connectivity index (χ3n) is 2.21. The second-order valence-electron chi connectivity index (χ2n) is 3.39. The molecule has 0 radical (unpaired) electrons. The number of benzene rings is 1. The molecule has 0 saturated heterocycles. The van der Waals surface area contributed by atoms with Gasteiger partial charge in [0.2, 0.25) is 0 Å². The maximum Gasteiger partial charge on any atom is 0.344 e. The molecule has 1 heterocycles. The number of nitrogens with zero attached hydrogens (tertiary/aromatic N) is 2. The van der Waals surface area contributed by atoms with Crippen LogP contribution in [0.4, 0.5) is 10.5 Å². The van der Waals surface area contributed by atoms with Crippen LogP contribution in [0.1, 0.15) is 0 Å². The Labute approximate surface area is 97.2 Å². The second-order valence-corrected chi connectivity index (χ2v) is 3.39. The van der Waals surface area contributed by atoms with Crippen molar-refractivity contribution in [2.75, 3.05) is 25.6 Å². The average Bonchev–Trinajstić information content (AvgIpc) is 2.37. The van der Waals surface area contributed by atoms with Gasteiger partial charge in [-0.3, -0.25) is 0 Å².